The molecular weight excluding hydrogens is 111 g/mol. The molecule has 0 aromatic heterocycles. The Hall–Kier alpha value is -0.570. The van der Waals surface area contributed by atoms with E-state index < -0.39 is 12.0 Å². The van der Waals surface area contributed by atoms with Crippen LogP contribution in [0.5, 0.6) is 0 Å². The summed E-state index contributed by atoms with van der Waals surface area (Å²) in [6.07, 6.45) is 0. The van der Waals surface area contributed by atoms with Gasteiger partial charge in [0.15, 0.2) is 0 Å². The van der Waals surface area contributed by atoms with Crippen molar-refractivity contribution < 1.29 is 9.90 Å². The molecule has 48 valence electrons. The predicted molar refractivity (Wildman–Crippen MR) is 30.4 cm³/mol. The molecule has 0 amide bonds. The molecule has 0 fully saturated rings. The van der Waals surface area contributed by atoms with Gasteiger partial charge in [-0.3, -0.25) is 4.79 Å². The number of aliphatic carboxylic acids is 1. The second-order valence-electron chi connectivity index (χ2n) is 2.11. The molecule has 0 unspecified atom stereocenters. The summed E-state index contributed by atoms with van der Waals surface area (Å²) >= 11 is 0. The van der Waals surface area contributed by atoms with Gasteiger partial charge in [0.05, 0.1) is 0 Å². The van der Waals surface area contributed by atoms with Crippen molar-refractivity contribution in [1.82, 2.24) is 0 Å². The van der Waals surface area contributed by atoms with Gasteiger partial charge in [0.25, 0.3) is 0 Å². The van der Waals surface area contributed by atoms with E-state index in [0.717, 1.165) is 0 Å². The standard InChI is InChI=1S/C5H11NO2/c1-3(2)4(6)5(7)8/h3-4H,6H2,1-2H3,(H,7,8)/t4-/m1/s1/i1+1,2+1,3+1,4+1,5+1. The highest BCUT2D eigenvalue weighted by molar-refractivity contribution is 5.73. The molecule has 3 heteroatoms. The largest absolute Gasteiger partial charge is 0.480 e. The van der Waals surface area contributed by atoms with E-state index in [1.54, 1.807) is 13.8 Å². The number of hydrogen-bond acceptors (Lipinski definition) is 2. The molecule has 0 spiro atoms. The summed E-state index contributed by atoms with van der Waals surface area (Å²) < 4.78 is 0. The number of nitrogens with two attached hydrogens (primary N) is 1. The molecule has 0 heterocycles. The van der Waals surface area contributed by atoms with Crippen LogP contribution in [0.3, 0.4) is 0 Å². The summed E-state index contributed by atoms with van der Waals surface area (Å²) in [6, 6.07) is -0.713. The summed E-state index contributed by atoms with van der Waals surface area (Å²) in [7, 11) is 0. The van der Waals surface area contributed by atoms with E-state index >= 15 is 0 Å². The SMILES string of the molecule is [13CH3][13CH]([13CH3])[13C@@H](N)[13C](=O)O. The first kappa shape index (κ1) is 7.43. The van der Waals surface area contributed by atoms with E-state index in [2.05, 4.69) is 0 Å². The van der Waals surface area contributed by atoms with Gasteiger partial charge in [-0.2, -0.15) is 0 Å². The van der Waals surface area contributed by atoms with Crippen LogP contribution in [-0.4, -0.2) is 17.1 Å². The van der Waals surface area contributed by atoms with Gasteiger partial charge in [-0.1, -0.05) is 13.8 Å². The Bertz CT molecular complexity index is 90.4. The minimum Gasteiger partial charge on any atom is -0.480 e. The van der Waals surface area contributed by atoms with Gasteiger partial charge in [-0.15, -0.1) is 0 Å². The van der Waals surface area contributed by atoms with E-state index in [-0.39, 0.29) is 5.92 Å². The Labute approximate surface area is 48.5 Å². The van der Waals surface area contributed by atoms with Crippen LogP contribution >= 0.6 is 0 Å². The monoisotopic (exact) mass is 122 g/mol. The molecule has 0 aliphatic heterocycles. The van der Waals surface area contributed by atoms with Crippen molar-refractivity contribution in [2.24, 2.45) is 11.7 Å². The van der Waals surface area contributed by atoms with Crippen LogP contribution in [0, 0.1) is 5.92 Å². The Morgan fingerprint density at radius 1 is 1.62 bits per heavy atom. The fourth-order valence-corrected chi connectivity index (χ4v) is 0.285. The van der Waals surface area contributed by atoms with Crippen molar-refractivity contribution in [3.8, 4) is 0 Å². The zero-order valence-electron chi connectivity index (χ0n) is 5.09. The van der Waals surface area contributed by atoms with Crippen molar-refractivity contribution in [2.45, 2.75) is 19.9 Å². The lowest BCUT2D eigenvalue weighted by molar-refractivity contribution is -0.139. The van der Waals surface area contributed by atoms with Gasteiger partial charge in [-0.25, -0.2) is 0 Å². The lowest BCUT2D eigenvalue weighted by atomic mass is 11.0. The highest BCUT2D eigenvalue weighted by Crippen LogP contribution is 1.96. The highest BCUT2D eigenvalue weighted by Gasteiger charge is 2.14. The fourth-order valence-electron chi connectivity index (χ4n) is 0.285. The molecule has 3 nitrogen and oxygen atoms in total. The third kappa shape index (κ3) is 1.93. The summed E-state index contributed by atoms with van der Waals surface area (Å²) in [4.78, 5) is 10.0. The Balaban J connectivity index is 3.64. The van der Waals surface area contributed by atoms with Crippen molar-refractivity contribution in [1.29, 1.82) is 0 Å². The maximum atomic E-state index is 10.0. The quantitative estimate of drug-likeness (QED) is 0.509. The van der Waals surface area contributed by atoms with E-state index in [9.17, 15) is 4.79 Å². The Morgan fingerprint density at radius 3 is 2.00 bits per heavy atom. The minimum atomic E-state index is -0.931. The molecule has 8 heavy (non-hydrogen) atoms. The third-order valence-corrected chi connectivity index (χ3v) is 1.00. The second-order valence-corrected chi connectivity index (χ2v) is 2.11. The Kier molecular flexibility index (Phi) is 2.48. The van der Waals surface area contributed by atoms with E-state index in [0.29, 0.717) is 0 Å². The van der Waals surface area contributed by atoms with Crippen LogP contribution in [0.2, 0.25) is 0 Å². The number of carboxylic acid groups (broad SMARTS) is 1. The number of carbonyl (C=O) groups is 1. The van der Waals surface area contributed by atoms with Crippen molar-refractivity contribution in [3.63, 3.8) is 0 Å². The smallest absolute Gasteiger partial charge is 0.320 e. The zero-order valence-corrected chi connectivity index (χ0v) is 5.09. The van der Waals surface area contributed by atoms with Crippen molar-refractivity contribution >= 4 is 5.97 Å². The molecule has 0 saturated carbocycles. The lowest BCUT2D eigenvalue weighted by Crippen LogP contribution is -2.34. The average Bonchev–Trinajstić information content (AvgIpc) is 1.64. The molecule has 0 aliphatic carbocycles. The molecule has 0 bridgehead atoms. The average molecular weight is 122 g/mol. The van der Waals surface area contributed by atoms with Crippen LogP contribution in [0.4, 0.5) is 0 Å². The summed E-state index contributed by atoms with van der Waals surface area (Å²) in [5, 5.41) is 8.23. The normalized spacial score (nSPS) is 14.0. The van der Waals surface area contributed by atoms with Crippen LogP contribution in [0.15, 0.2) is 0 Å². The topological polar surface area (TPSA) is 63.3 Å². The van der Waals surface area contributed by atoms with E-state index in [1.165, 1.54) is 0 Å². The van der Waals surface area contributed by atoms with Gasteiger partial charge < -0.3 is 10.8 Å². The number of carboxylic acids is 1. The summed E-state index contributed by atoms with van der Waals surface area (Å²) in [5.74, 6) is -0.910. The molecule has 0 rings (SSSR count). The van der Waals surface area contributed by atoms with Gasteiger partial charge in [-0.05, 0) is 5.92 Å². The van der Waals surface area contributed by atoms with Gasteiger partial charge in [0, 0.05) is 0 Å². The number of hydrogen-bond donors (Lipinski definition) is 2. The highest BCUT2D eigenvalue weighted by atomic mass is 16.5. The molecule has 0 aliphatic rings. The first-order valence-electron chi connectivity index (χ1n) is 2.54. The van der Waals surface area contributed by atoms with Crippen molar-refractivity contribution in [2.75, 3.05) is 0 Å². The molecule has 1 atom stereocenters. The molecular formula is C5H11NO2. The van der Waals surface area contributed by atoms with E-state index in [4.69, 9.17) is 10.8 Å². The van der Waals surface area contributed by atoms with Gasteiger partial charge in [0.2, 0.25) is 0 Å². The number of rotatable bonds is 2. The maximum absolute atomic E-state index is 10.0. The van der Waals surface area contributed by atoms with Crippen LogP contribution in [0.1, 0.15) is 13.8 Å². The molecule has 3 N–H and O–H groups in total. The second kappa shape index (κ2) is 2.67. The van der Waals surface area contributed by atoms with Crippen LogP contribution in [-0.2, 0) is 4.79 Å². The maximum Gasteiger partial charge on any atom is 0.320 e. The zero-order chi connectivity index (χ0) is 6.73. The third-order valence-electron chi connectivity index (χ3n) is 1.00. The summed E-state index contributed by atoms with van der Waals surface area (Å²) in [6.45, 7) is 3.55. The molecule has 0 radical (unpaired) electrons. The van der Waals surface area contributed by atoms with E-state index in [1.807, 2.05) is 0 Å². The van der Waals surface area contributed by atoms with Crippen molar-refractivity contribution in [3.05, 3.63) is 0 Å². The molecule has 0 aromatic rings. The van der Waals surface area contributed by atoms with Gasteiger partial charge >= 0.3 is 5.97 Å². The Morgan fingerprint density at radius 2 is 2.00 bits per heavy atom. The first-order valence-corrected chi connectivity index (χ1v) is 2.54. The fraction of sp³-hybridized carbons (Fsp3) is 0.800. The minimum absolute atomic E-state index is 0.0208. The summed E-state index contributed by atoms with van der Waals surface area (Å²) in [5.41, 5.74) is 5.16. The van der Waals surface area contributed by atoms with Crippen LogP contribution in [0.25, 0.3) is 0 Å². The molecule has 0 saturated heterocycles. The first-order chi connectivity index (χ1) is 3.55. The van der Waals surface area contributed by atoms with Crippen LogP contribution < -0.4 is 5.73 Å². The molecule has 0 aromatic carbocycles. The predicted octanol–water partition coefficient (Wildman–Crippen LogP) is 0.0543. The van der Waals surface area contributed by atoms with Gasteiger partial charge in [0.1, 0.15) is 6.04 Å². The lowest BCUT2D eigenvalue weighted by Gasteiger charge is -2.07.